The van der Waals surface area contributed by atoms with Crippen molar-refractivity contribution in [3.63, 3.8) is 0 Å². The van der Waals surface area contributed by atoms with Crippen LogP contribution in [0, 0.1) is 5.92 Å². The summed E-state index contributed by atoms with van der Waals surface area (Å²) in [5, 5.41) is 3.56. The zero-order chi connectivity index (χ0) is 13.9. The normalized spacial score (nSPS) is 19.1. The smallest absolute Gasteiger partial charge is 0.182 e. The van der Waals surface area contributed by atoms with E-state index in [1.807, 2.05) is 0 Å². The third kappa shape index (κ3) is 2.75. The zero-order valence-corrected chi connectivity index (χ0v) is 12.1. The number of imidazole rings is 1. The van der Waals surface area contributed by atoms with Gasteiger partial charge in [-0.05, 0) is 25.3 Å². The molecule has 0 bridgehead atoms. The highest BCUT2D eigenvalue weighted by atomic mass is 15.2. The van der Waals surface area contributed by atoms with Gasteiger partial charge in [-0.25, -0.2) is 15.0 Å². The minimum Gasteiger partial charge on any atom is -0.353 e. The summed E-state index contributed by atoms with van der Waals surface area (Å²) in [5.74, 6) is 1.55. The Morgan fingerprint density at radius 3 is 3.00 bits per heavy atom. The molecule has 1 saturated heterocycles. The third-order valence-electron chi connectivity index (χ3n) is 3.69. The molecule has 2 aromatic rings. The summed E-state index contributed by atoms with van der Waals surface area (Å²) in [6.07, 6.45) is 5.80. The van der Waals surface area contributed by atoms with Crippen molar-refractivity contribution in [2.24, 2.45) is 5.92 Å². The molecule has 0 aromatic carbocycles. The summed E-state index contributed by atoms with van der Waals surface area (Å²) in [6.45, 7) is 7.58. The molecule has 108 valence electrons. The van der Waals surface area contributed by atoms with Crippen LogP contribution in [0.4, 0.5) is 5.82 Å². The quantitative estimate of drug-likeness (QED) is 0.866. The molecule has 1 unspecified atom stereocenters. The Hall–Kier alpha value is -1.69. The van der Waals surface area contributed by atoms with Gasteiger partial charge in [-0.15, -0.1) is 0 Å². The molecule has 1 atom stereocenters. The molecule has 3 heterocycles. The lowest BCUT2D eigenvalue weighted by atomic mass is 10.1. The van der Waals surface area contributed by atoms with Gasteiger partial charge in [0.2, 0.25) is 0 Å². The highest BCUT2D eigenvalue weighted by Gasteiger charge is 2.21. The number of hydrogen-bond acceptors (Lipinski definition) is 5. The van der Waals surface area contributed by atoms with Gasteiger partial charge in [-0.3, -0.25) is 0 Å². The van der Waals surface area contributed by atoms with Gasteiger partial charge in [0.05, 0.1) is 6.33 Å². The molecule has 2 N–H and O–H groups in total. The summed E-state index contributed by atoms with van der Waals surface area (Å²) in [5.41, 5.74) is 1.68. The standard InChI is InChI=1S/C14H22N6/c1-10(2)6-20(7-11-4-3-5-15-11)14-12-13(17-8-16-12)18-9-19-14/h8-11,15H,3-7H2,1-2H3,(H,16,17,18,19). The van der Waals surface area contributed by atoms with Crippen LogP contribution in [-0.4, -0.2) is 45.6 Å². The predicted molar refractivity (Wildman–Crippen MR) is 79.8 cm³/mol. The minimum atomic E-state index is 0.557. The van der Waals surface area contributed by atoms with Gasteiger partial charge in [0.15, 0.2) is 11.5 Å². The van der Waals surface area contributed by atoms with Crippen LogP contribution in [0.5, 0.6) is 0 Å². The average molecular weight is 274 g/mol. The monoisotopic (exact) mass is 274 g/mol. The van der Waals surface area contributed by atoms with E-state index >= 15 is 0 Å². The van der Waals surface area contributed by atoms with E-state index in [9.17, 15) is 0 Å². The molecule has 6 heteroatoms. The van der Waals surface area contributed by atoms with Crippen LogP contribution in [0.15, 0.2) is 12.7 Å². The lowest BCUT2D eigenvalue weighted by Crippen LogP contribution is -2.40. The average Bonchev–Trinajstić information content (AvgIpc) is 3.07. The second kappa shape index (κ2) is 5.75. The highest BCUT2D eigenvalue weighted by Crippen LogP contribution is 2.22. The highest BCUT2D eigenvalue weighted by molar-refractivity contribution is 5.82. The Labute approximate surface area is 119 Å². The fraction of sp³-hybridized carbons (Fsp3) is 0.643. The molecule has 6 nitrogen and oxygen atoms in total. The van der Waals surface area contributed by atoms with Crippen LogP contribution in [0.2, 0.25) is 0 Å². The van der Waals surface area contributed by atoms with Gasteiger partial charge >= 0.3 is 0 Å². The van der Waals surface area contributed by atoms with Crippen LogP contribution in [0.25, 0.3) is 11.2 Å². The van der Waals surface area contributed by atoms with Crippen molar-refractivity contribution in [1.82, 2.24) is 25.3 Å². The van der Waals surface area contributed by atoms with Crippen LogP contribution in [-0.2, 0) is 0 Å². The molecular weight excluding hydrogens is 252 g/mol. The first-order valence-corrected chi connectivity index (χ1v) is 7.36. The molecule has 1 aliphatic heterocycles. The van der Waals surface area contributed by atoms with Crippen LogP contribution in [0.3, 0.4) is 0 Å². The number of anilines is 1. The maximum Gasteiger partial charge on any atom is 0.182 e. The van der Waals surface area contributed by atoms with Crippen molar-refractivity contribution in [2.45, 2.75) is 32.7 Å². The van der Waals surface area contributed by atoms with Gasteiger partial charge in [0, 0.05) is 19.1 Å². The number of H-pyrrole nitrogens is 1. The second-order valence-electron chi connectivity index (χ2n) is 5.89. The molecule has 0 radical (unpaired) electrons. The Morgan fingerprint density at radius 2 is 2.25 bits per heavy atom. The van der Waals surface area contributed by atoms with E-state index in [0.29, 0.717) is 12.0 Å². The Balaban J connectivity index is 1.88. The van der Waals surface area contributed by atoms with Crippen LogP contribution >= 0.6 is 0 Å². The lowest BCUT2D eigenvalue weighted by molar-refractivity contribution is 0.538. The van der Waals surface area contributed by atoms with Crippen molar-refractivity contribution in [3.8, 4) is 0 Å². The third-order valence-corrected chi connectivity index (χ3v) is 3.69. The molecule has 0 aliphatic carbocycles. The predicted octanol–water partition coefficient (Wildman–Crippen LogP) is 1.57. The molecule has 0 saturated carbocycles. The summed E-state index contributed by atoms with van der Waals surface area (Å²) < 4.78 is 0. The fourth-order valence-corrected chi connectivity index (χ4v) is 2.86. The summed E-state index contributed by atoms with van der Waals surface area (Å²) >= 11 is 0. The maximum atomic E-state index is 4.49. The number of hydrogen-bond donors (Lipinski definition) is 2. The molecule has 2 aromatic heterocycles. The topological polar surface area (TPSA) is 69.7 Å². The first-order chi connectivity index (χ1) is 9.74. The molecular formula is C14H22N6. The van der Waals surface area contributed by atoms with E-state index < -0.39 is 0 Å². The Kier molecular flexibility index (Phi) is 3.82. The number of nitrogens with one attached hydrogen (secondary N) is 2. The molecule has 20 heavy (non-hydrogen) atoms. The SMILES string of the molecule is CC(C)CN(CC1CCCN1)c1ncnc2nc[nH]c12. The van der Waals surface area contributed by atoms with Crippen molar-refractivity contribution in [3.05, 3.63) is 12.7 Å². The van der Waals surface area contributed by atoms with Gasteiger partial charge in [0.1, 0.15) is 11.8 Å². The number of fused-ring (bicyclic) bond motifs is 1. The van der Waals surface area contributed by atoms with E-state index in [-0.39, 0.29) is 0 Å². The molecule has 0 amide bonds. The second-order valence-corrected chi connectivity index (χ2v) is 5.89. The van der Waals surface area contributed by atoms with Crippen molar-refractivity contribution < 1.29 is 0 Å². The number of aromatic amines is 1. The minimum absolute atomic E-state index is 0.557. The first kappa shape index (κ1) is 13.3. The van der Waals surface area contributed by atoms with E-state index in [2.05, 4.69) is 44.0 Å². The largest absolute Gasteiger partial charge is 0.353 e. The summed E-state index contributed by atoms with van der Waals surface area (Å²) in [4.78, 5) is 18.4. The maximum absolute atomic E-state index is 4.49. The Bertz CT molecular complexity index is 558. The van der Waals surface area contributed by atoms with E-state index in [4.69, 9.17) is 0 Å². The van der Waals surface area contributed by atoms with E-state index in [1.165, 1.54) is 12.8 Å². The van der Waals surface area contributed by atoms with Gasteiger partial charge in [-0.1, -0.05) is 13.8 Å². The molecule has 0 spiro atoms. The molecule has 1 aliphatic rings. The van der Waals surface area contributed by atoms with Gasteiger partial charge in [0.25, 0.3) is 0 Å². The van der Waals surface area contributed by atoms with Crippen molar-refractivity contribution in [1.29, 1.82) is 0 Å². The first-order valence-electron chi connectivity index (χ1n) is 7.36. The van der Waals surface area contributed by atoms with E-state index in [0.717, 1.165) is 36.6 Å². The summed E-state index contributed by atoms with van der Waals surface area (Å²) in [6, 6.07) is 0.557. The van der Waals surface area contributed by atoms with Crippen LogP contribution in [0.1, 0.15) is 26.7 Å². The number of aromatic nitrogens is 4. The van der Waals surface area contributed by atoms with Gasteiger partial charge < -0.3 is 15.2 Å². The lowest BCUT2D eigenvalue weighted by Gasteiger charge is -2.28. The molecule has 3 rings (SSSR count). The zero-order valence-electron chi connectivity index (χ0n) is 12.1. The van der Waals surface area contributed by atoms with Crippen LogP contribution < -0.4 is 10.2 Å². The number of nitrogens with zero attached hydrogens (tertiary/aromatic N) is 4. The summed E-state index contributed by atoms with van der Waals surface area (Å²) in [7, 11) is 0. The number of rotatable bonds is 5. The van der Waals surface area contributed by atoms with Crippen molar-refractivity contribution >= 4 is 17.0 Å². The molecule has 1 fully saturated rings. The van der Waals surface area contributed by atoms with Crippen molar-refractivity contribution in [2.75, 3.05) is 24.5 Å². The fourth-order valence-electron chi connectivity index (χ4n) is 2.86. The Morgan fingerprint density at radius 1 is 1.35 bits per heavy atom. The van der Waals surface area contributed by atoms with Gasteiger partial charge in [-0.2, -0.15) is 0 Å². The van der Waals surface area contributed by atoms with E-state index in [1.54, 1.807) is 12.7 Å².